The van der Waals surface area contributed by atoms with Crippen LogP contribution in [0.1, 0.15) is 34.8 Å². The lowest BCUT2D eigenvalue weighted by Crippen LogP contribution is -2.36. The van der Waals surface area contributed by atoms with Crippen LogP contribution in [0.4, 0.5) is 11.4 Å². The summed E-state index contributed by atoms with van der Waals surface area (Å²) in [4.78, 5) is 27.5. The van der Waals surface area contributed by atoms with Gasteiger partial charge in [-0.3, -0.25) is 9.59 Å². The summed E-state index contributed by atoms with van der Waals surface area (Å²) < 4.78 is 0. The van der Waals surface area contributed by atoms with E-state index >= 15 is 0 Å². The van der Waals surface area contributed by atoms with Crippen LogP contribution in [0.2, 0.25) is 5.02 Å². The molecule has 0 saturated carbocycles. The van der Waals surface area contributed by atoms with Crippen molar-refractivity contribution in [1.29, 1.82) is 0 Å². The largest absolute Gasteiger partial charge is 0.370 e. The molecule has 1 saturated heterocycles. The maximum atomic E-state index is 13.1. The smallest absolute Gasteiger partial charge is 0.255 e. The van der Waals surface area contributed by atoms with Gasteiger partial charge in [0.25, 0.3) is 5.91 Å². The van der Waals surface area contributed by atoms with E-state index in [2.05, 4.69) is 10.6 Å². The van der Waals surface area contributed by atoms with Crippen LogP contribution in [0.25, 0.3) is 0 Å². The number of carbonyl (C=O) groups is 2. The van der Waals surface area contributed by atoms with E-state index in [1.165, 1.54) is 0 Å². The number of benzene rings is 3. The molecule has 0 aromatic heterocycles. The molecule has 6 heteroatoms. The van der Waals surface area contributed by atoms with Crippen molar-refractivity contribution in [2.45, 2.75) is 18.9 Å². The molecule has 2 N–H and O–H groups in total. The van der Waals surface area contributed by atoms with Crippen molar-refractivity contribution in [1.82, 2.24) is 4.90 Å². The van der Waals surface area contributed by atoms with E-state index in [0.717, 1.165) is 37.2 Å². The zero-order valence-corrected chi connectivity index (χ0v) is 17.8. The summed E-state index contributed by atoms with van der Waals surface area (Å²) in [5, 5.41) is 6.83. The second kappa shape index (κ2) is 9.67. The Morgan fingerprint density at radius 3 is 2.06 bits per heavy atom. The summed E-state index contributed by atoms with van der Waals surface area (Å²) >= 11 is 5.88. The number of rotatable bonds is 6. The van der Waals surface area contributed by atoms with E-state index in [1.54, 1.807) is 24.3 Å². The number of halogens is 1. The number of likely N-dealkylation sites (tertiary alicyclic amines) is 1. The van der Waals surface area contributed by atoms with E-state index in [-0.39, 0.29) is 11.8 Å². The molecule has 5 nitrogen and oxygen atoms in total. The average Bonchev–Trinajstić information content (AvgIpc) is 3.34. The van der Waals surface area contributed by atoms with Crippen LogP contribution in [-0.4, -0.2) is 29.8 Å². The molecule has 3 aromatic carbocycles. The topological polar surface area (TPSA) is 61.4 Å². The minimum atomic E-state index is -0.450. The highest BCUT2D eigenvalue weighted by molar-refractivity contribution is 6.30. The van der Waals surface area contributed by atoms with E-state index in [4.69, 9.17) is 11.6 Å². The summed E-state index contributed by atoms with van der Waals surface area (Å²) in [5.41, 5.74) is 2.95. The molecule has 1 heterocycles. The van der Waals surface area contributed by atoms with E-state index in [0.29, 0.717) is 16.3 Å². The minimum Gasteiger partial charge on any atom is -0.370 e. The second-order valence-corrected chi connectivity index (χ2v) is 8.00. The van der Waals surface area contributed by atoms with Gasteiger partial charge in [0.1, 0.15) is 6.04 Å². The highest BCUT2D eigenvalue weighted by Crippen LogP contribution is 2.25. The van der Waals surface area contributed by atoms with Crippen LogP contribution in [0.5, 0.6) is 0 Å². The Hall–Kier alpha value is -3.31. The van der Waals surface area contributed by atoms with Gasteiger partial charge in [-0.05, 0) is 66.9 Å². The lowest BCUT2D eigenvalue weighted by Gasteiger charge is -2.25. The Morgan fingerprint density at radius 1 is 0.806 bits per heavy atom. The van der Waals surface area contributed by atoms with Gasteiger partial charge in [0.05, 0.1) is 0 Å². The molecule has 0 radical (unpaired) electrons. The van der Waals surface area contributed by atoms with Gasteiger partial charge in [0.15, 0.2) is 0 Å². The first-order valence-electron chi connectivity index (χ1n) is 10.4. The number of hydrogen-bond acceptors (Lipinski definition) is 3. The van der Waals surface area contributed by atoms with Crippen LogP contribution < -0.4 is 10.6 Å². The lowest BCUT2D eigenvalue weighted by molar-refractivity contribution is -0.131. The predicted molar refractivity (Wildman–Crippen MR) is 124 cm³/mol. The first-order chi connectivity index (χ1) is 15.1. The van der Waals surface area contributed by atoms with Gasteiger partial charge in [0, 0.05) is 35.1 Å². The molecule has 1 atom stereocenters. The zero-order valence-electron chi connectivity index (χ0n) is 17.1. The number of nitrogens with one attached hydrogen (secondary N) is 2. The summed E-state index contributed by atoms with van der Waals surface area (Å²) in [6.07, 6.45) is 2.10. The standard InChI is InChI=1S/C25H24ClN3O2/c26-20-10-8-19(9-11-20)24(30)28-22-14-12-21(13-15-22)27-23(18-6-2-1-3-7-18)25(31)29-16-4-5-17-29/h1-3,6-15,23,27H,4-5,16-17H2,(H,28,30). The fraction of sp³-hybridized carbons (Fsp3) is 0.200. The highest BCUT2D eigenvalue weighted by atomic mass is 35.5. The molecule has 2 amide bonds. The molecule has 3 aromatic rings. The monoisotopic (exact) mass is 433 g/mol. The van der Waals surface area contributed by atoms with Gasteiger partial charge in [0.2, 0.25) is 5.91 Å². The van der Waals surface area contributed by atoms with Crippen LogP contribution in [0, 0.1) is 0 Å². The molecular weight excluding hydrogens is 410 g/mol. The fourth-order valence-electron chi connectivity index (χ4n) is 3.67. The maximum absolute atomic E-state index is 13.1. The third-order valence-electron chi connectivity index (χ3n) is 5.36. The van der Waals surface area contributed by atoms with Crippen molar-refractivity contribution in [2.75, 3.05) is 23.7 Å². The van der Waals surface area contributed by atoms with Crippen LogP contribution in [0.15, 0.2) is 78.9 Å². The Bertz CT molecular complexity index is 1030. The van der Waals surface area contributed by atoms with Gasteiger partial charge in [-0.25, -0.2) is 0 Å². The normalized spacial score (nSPS) is 14.2. The summed E-state index contributed by atoms with van der Waals surface area (Å²) in [7, 11) is 0. The Morgan fingerprint density at radius 2 is 1.42 bits per heavy atom. The van der Waals surface area contributed by atoms with Gasteiger partial charge >= 0.3 is 0 Å². The molecule has 1 aliphatic rings. The summed E-state index contributed by atoms with van der Waals surface area (Å²) in [5.74, 6) is -0.118. The van der Waals surface area contributed by atoms with Crippen LogP contribution in [-0.2, 0) is 4.79 Å². The van der Waals surface area contributed by atoms with Gasteiger partial charge in [-0.15, -0.1) is 0 Å². The minimum absolute atomic E-state index is 0.0869. The van der Waals surface area contributed by atoms with Crippen molar-refractivity contribution in [3.8, 4) is 0 Å². The summed E-state index contributed by atoms with van der Waals surface area (Å²) in [6.45, 7) is 1.61. The average molecular weight is 434 g/mol. The van der Waals surface area contributed by atoms with Crippen molar-refractivity contribution in [3.63, 3.8) is 0 Å². The summed E-state index contributed by atoms with van der Waals surface area (Å²) in [6, 6.07) is 23.4. The lowest BCUT2D eigenvalue weighted by atomic mass is 10.0. The fourth-order valence-corrected chi connectivity index (χ4v) is 3.80. The van der Waals surface area contributed by atoms with Gasteiger partial charge in [-0.2, -0.15) is 0 Å². The quantitative estimate of drug-likeness (QED) is 0.549. The van der Waals surface area contributed by atoms with E-state index in [1.807, 2.05) is 59.5 Å². The molecule has 0 spiro atoms. The molecule has 158 valence electrons. The van der Waals surface area contributed by atoms with E-state index < -0.39 is 6.04 Å². The van der Waals surface area contributed by atoms with Gasteiger partial charge in [-0.1, -0.05) is 41.9 Å². The number of amides is 2. The third kappa shape index (κ3) is 5.25. The molecule has 1 fully saturated rings. The zero-order chi connectivity index (χ0) is 21.6. The first-order valence-corrected chi connectivity index (χ1v) is 10.8. The molecule has 0 aliphatic carbocycles. The molecule has 31 heavy (non-hydrogen) atoms. The molecule has 1 unspecified atom stereocenters. The molecular formula is C25H24ClN3O2. The number of hydrogen-bond donors (Lipinski definition) is 2. The third-order valence-corrected chi connectivity index (χ3v) is 5.61. The Labute approximate surface area is 187 Å². The van der Waals surface area contributed by atoms with Crippen molar-refractivity contribution in [3.05, 3.63) is 95.0 Å². The number of carbonyl (C=O) groups excluding carboxylic acids is 2. The van der Waals surface area contributed by atoms with Crippen molar-refractivity contribution < 1.29 is 9.59 Å². The first kappa shape index (κ1) is 20.9. The van der Waals surface area contributed by atoms with Crippen molar-refractivity contribution >= 4 is 34.8 Å². The number of nitrogens with zero attached hydrogens (tertiary/aromatic N) is 1. The Balaban J connectivity index is 1.47. The molecule has 4 rings (SSSR count). The van der Waals surface area contributed by atoms with Crippen LogP contribution >= 0.6 is 11.6 Å². The van der Waals surface area contributed by atoms with Crippen molar-refractivity contribution in [2.24, 2.45) is 0 Å². The maximum Gasteiger partial charge on any atom is 0.255 e. The molecule has 1 aliphatic heterocycles. The number of anilines is 2. The SMILES string of the molecule is O=C(Nc1ccc(NC(C(=O)N2CCCC2)c2ccccc2)cc1)c1ccc(Cl)cc1. The van der Waals surface area contributed by atoms with Gasteiger partial charge < -0.3 is 15.5 Å². The molecule has 0 bridgehead atoms. The highest BCUT2D eigenvalue weighted by Gasteiger charge is 2.27. The second-order valence-electron chi connectivity index (χ2n) is 7.56. The van der Waals surface area contributed by atoms with Crippen LogP contribution in [0.3, 0.4) is 0 Å². The van der Waals surface area contributed by atoms with E-state index in [9.17, 15) is 9.59 Å². The predicted octanol–water partition coefficient (Wildman–Crippen LogP) is 5.37. The Kier molecular flexibility index (Phi) is 6.53.